The topological polar surface area (TPSA) is 0 Å². The van der Waals surface area contributed by atoms with E-state index in [1.54, 1.807) is 0 Å². The van der Waals surface area contributed by atoms with Crippen molar-refractivity contribution in [3.63, 3.8) is 0 Å². The van der Waals surface area contributed by atoms with Gasteiger partial charge in [0.1, 0.15) is 0 Å². The normalized spacial score (nSPS) is 31.3. The van der Waals surface area contributed by atoms with Gasteiger partial charge >= 0.3 is 0 Å². The molecule has 2 atom stereocenters. The van der Waals surface area contributed by atoms with Gasteiger partial charge in [0.2, 0.25) is 0 Å². The predicted molar refractivity (Wildman–Crippen MR) is 57.3 cm³/mol. The molecule has 11 heavy (non-hydrogen) atoms. The summed E-state index contributed by atoms with van der Waals surface area (Å²) in [4.78, 5) is 0. The van der Waals surface area contributed by atoms with E-state index in [1.165, 1.54) is 29.9 Å². The monoisotopic (exact) mass is 188 g/mol. The van der Waals surface area contributed by atoms with Gasteiger partial charge < -0.3 is 0 Å². The quantitative estimate of drug-likeness (QED) is 0.620. The highest BCUT2D eigenvalue weighted by Gasteiger charge is 2.26. The molecule has 0 amide bonds. The summed E-state index contributed by atoms with van der Waals surface area (Å²) in [5.41, 5.74) is 0. The standard InChI is InChI=1S/C9H16S2/c1-3-4-5-8-7(2)6-9(10)11-8/h7-8H,3-6H2,1-2H3/t7-,8+/m1/s1. The molecule has 1 heterocycles. The van der Waals surface area contributed by atoms with Crippen molar-refractivity contribution in [2.75, 3.05) is 0 Å². The van der Waals surface area contributed by atoms with Crippen molar-refractivity contribution in [3.05, 3.63) is 0 Å². The van der Waals surface area contributed by atoms with Gasteiger partial charge in [-0.05, 0) is 18.8 Å². The van der Waals surface area contributed by atoms with E-state index in [2.05, 4.69) is 13.8 Å². The smallest absolute Gasteiger partial charge is 0.0484 e. The van der Waals surface area contributed by atoms with Gasteiger partial charge in [0.05, 0.1) is 0 Å². The summed E-state index contributed by atoms with van der Waals surface area (Å²) in [6, 6.07) is 0. The third-order valence-electron chi connectivity index (χ3n) is 2.25. The molecule has 0 nitrogen and oxygen atoms in total. The van der Waals surface area contributed by atoms with Crippen LogP contribution in [-0.4, -0.2) is 9.45 Å². The molecule has 0 aliphatic carbocycles. The number of thiocarbonyl (C=S) groups is 1. The highest BCUT2D eigenvalue weighted by Crippen LogP contribution is 2.37. The maximum absolute atomic E-state index is 5.19. The van der Waals surface area contributed by atoms with Crippen LogP contribution in [0.25, 0.3) is 0 Å². The highest BCUT2D eigenvalue weighted by atomic mass is 32.2. The Hall–Kier alpha value is 0.440. The zero-order chi connectivity index (χ0) is 8.27. The van der Waals surface area contributed by atoms with Gasteiger partial charge in [0.25, 0.3) is 0 Å². The molecule has 0 saturated carbocycles. The van der Waals surface area contributed by atoms with Crippen LogP contribution in [0.5, 0.6) is 0 Å². The lowest BCUT2D eigenvalue weighted by molar-refractivity contribution is 0.541. The van der Waals surface area contributed by atoms with Crippen molar-refractivity contribution in [1.82, 2.24) is 0 Å². The Balaban J connectivity index is 2.28. The summed E-state index contributed by atoms with van der Waals surface area (Å²) in [7, 11) is 0. The molecule has 1 saturated heterocycles. The first-order valence-electron chi connectivity index (χ1n) is 4.43. The zero-order valence-corrected chi connectivity index (χ0v) is 8.93. The van der Waals surface area contributed by atoms with Crippen LogP contribution in [0, 0.1) is 5.92 Å². The molecular formula is C9H16S2. The van der Waals surface area contributed by atoms with Gasteiger partial charge in [-0.1, -0.05) is 38.9 Å². The number of hydrogen-bond donors (Lipinski definition) is 0. The molecule has 64 valence electrons. The maximum Gasteiger partial charge on any atom is 0.0484 e. The molecule has 0 N–H and O–H groups in total. The Morgan fingerprint density at radius 2 is 2.36 bits per heavy atom. The van der Waals surface area contributed by atoms with Gasteiger partial charge in [0.15, 0.2) is 0 Å². The van der Waals surface area contributed by atoms with Gasteiger partial charge in [-0.2, -0.15) is 0 Å². The Bertz CT molecular complexity index is 142. The molecule has 1 aliphatic heterocycles. The third kappa shape index (κ3) is 2.75. The number of rotatable bonds is 3. The minimum atomic E-state index is 0.832. The number of unbranched alkanes of at least 4 members (excludes halogenated alkanes) is 1. The van der Waals surface area contributed by atoms with Gasteiger partial charge in [-0.3, -0.25) is 0 Å². The van der Waals surface area contributed by atoms with E-state index in [-0.39, 0.29) is 0 Å². The average molecular weight is 188 g/mol. The molecule has 0 unspecified atom stereocenters. The first-order chi connectivity index (χ1) is 5.24. The second-order valence-corrected chi connectivity index (χ2v) is 5.44. The second-order valence-electron chi connectivity index (χ2n) is 3.35. The highest BCUT2D eigenvalue weighted by molar-refractivity contribution is 8.23. The summed E-state index contributed by atoms with van der Waals surface area (Å²) < 4.78 is 1.23. The number of hydrogen-bond acceptors (Lipinski definition) is 2. The molecule has 2 heteroatoms. The largest absolute Gasteiger partial charge is 0.115 e. The SMILES string of the molecule is CCCC[C@@H]1SC(=S)C[C@H]1C. The van der Waals surface area contributed by atoms with Crippen LogP contribution in [0.15, 0.2) is 0 Å². The van der Waals surface area contributed by atoms with Crippen molar-refractivity contribution in [2.45, 2.75) is 44.8 Å². The first kappa shape index (κ1) is 9.53. The fourth-order valence-corrected chi connectivity index (χ4v) is 3.42. The molecule has 1 rings (SSSR count). The molecule has 0 spiro atoms. The molecular weight excluding hydrogens is 172 g/mol. The molecule has 0 radical (unpaired) electrons. The van der Waals surface area contributed by atoms with Crippen LogP contribution in [0.2, 0.25) is 0 Å². The summed E-state index contributed by atoms with van der Waals surface area (Å²) in [5, 5.41) is 0.836. The second kappa shape index (κ2) is 4.46. The van der Waals surface area contributed by atoms with E-state index >= 15 is 0 Å². The zero-order valence-electron chi connectivity index (χ0n) is 7.30. The fourth-order valence-electron chi connectivity index (χ4n) is 1.48. The average Bonchev–Trinajstić information content (AvgIpc) is 2.26. The Kier molecular flexibility index (Phi) is 3.86. The predicted octanol–water partition coefficient (Wildman–Crippen LogP) is 3.65. The van der Waals surface area contributed by atoms with Crippen molar-refractivity contribution in [2.24, 2.45) is 5.92 Å². The van der Waals surface area contributed by atoms with Crippen molar-refractivity contribution >= 4 is 28.2 Å². The van der Waals surface area contributed by atoms with E-state index in [0.29, 0.717) is 0 Å². The Morgan fingerprint density at radius 1 is 1.64 bits per heavy atom. The lowest BCUT2D eigenvalue weighted by atomic mass is 10.0. The van der Waals surface area contributed by atoms with Crippen LogP contribution in [0.3, 0.4) is 0 Å². The van der Waals surface area contributed by atoms with Crippen LogP contribution in [-0.2, 0) is 0 Å². The molecule has 0 aromatic carbocycles. The van der Waals surface area contributed by atoms with Crippen molar-refractivity contribution < 1.29 is 0 Å². The third-order valence-corrected chi connectivity index (χ3v) is 4.14. The van der Waals surface area contributed by atoms with Crippen molar-refractivity contribution in [3.8, 4) is 0 Å². The van der Waals surface area contributed by atoms with Crippen LogP contribution in [0.4, 0.5) is 0 Å². The van der Waals surface area contributed by atoms with E-state index in [4.69, 9.17) is 12.2 Å². The molecule has 0 bridgehead atoms. The maximum atomic E-state index is 5.19. The summed E-state index contributed by atoms with van der Waals surface area (Å²) in [6.45, 7) is 4.58. The van der Waals surface area contributed by atoms with E-state index in [9.17, 15) is 0 Å². The van der Waals surface area contributed by atoms with Crippen LogP contribution >= 0.6 is 24.0 Å². The van der Waals surface area contributed by atoms with E-state index in [1.807, 2.05) is 11.8 Å². The summed E-state index contributed by atoms with van der Waals surface area (Å²) in [6.07, 6.45) is 5.22. The fraction of sp³-hybridized carbons (Fsp3) is 0.889. The summed E-state index contributed by atoms with van der Waals surface area (Å²) >= 11 is 7.13. The molecule has 1 fully saturated rings. The Labute approximate surface area is 79.1 Å². The lowest BCUT2D eigenvalue weighted by Crippen LogP contribution is -2.06. The molecule has 0 aromatic rings. The van der Waals surface area contributed by atoms with Crippen LogP contribution < -0.4 is 0 Å². The van der Waals surface area contributed by atoms with Gasteiger partial charge in [0, 0.05) is 9.45 Å². The van der Waals surface area contributed by atoms with Crippen LogP contribution in [0.1, 0.15) is 39.5 Å². The summed E-state index contributed by atoms with van der Waals surface area (Å²) in [5.74, 6) is 0.832. The first-order valence-corrected chi connectivity index (χ1v) is 5.72. The van der Waals surface area contributed by atoms with E-state index in [0.717, 1.165) is 11.2 Å². The lowest BCUT2D eigenvalue weighted by Gasteiger charge is -2.11. The molecule has 1 aliphatic rings. The van der Waals surface area contributed by atoms with Crippen molar-refractivity contribution in [1.29, 1.82) is 0 Å². The Morgan fingerprint density at radius 3 is 2.82 bits per heavy atom. The number of thioether (sulfide) groups is 1. The van der Waals surface area contributed by atoms with E-state index < -0.39 is 0 Å². The van der Waals surface area contributed by atoms with Gasteiger partial charge in [-0.25, -0.2) is 0 Å². The molecule has 0 aromatic heterocycles. The minimum absolute atomic E-state index is 0.832. The minimum Gasteiger partial charge on any atom is -0.115 e. The van der Waals surface area contributed by atoms with Gasteiger partial charge in [-0.15, -0.1) is 11.8 Å².